The number of benzene rings is 1. The molecule has 22 heavy (non-hydrogen) atoms. The van der Waals surface area contributed by atoms with E-state index in [1.165, 1.54) is 16.7 Å². The highest BCUT2D eigenvalue weighted by molar-refractivity contribution is 5.66. The molecular formula is C18H24N4. The van der Waals surface area contributed by atoms with E-state index in [4.69, 9.17) is 9.97 Å². The molecule has 0 bridgehead atoms. The van der Waals surface area contributed by atoms with Gasteiger partial charge in [0, 0.05) is 30.8 Å². The molecule has 116 valence electrons. The van der Waals surface area contributed by atoms with Gasteiger partial charge in [-0.3, -0.25) is 0 Å². The van der Waals surface area contributed by atoms with Gasteiger partial charge in [-0.25, -0.2) is 9.97 Å². The molecule has 2 heterocycles. The molecule has 0 aliphatic carbocycles. The average Bonchev–Trinajstić information content (AvgIpc) is 2.56. The van der Waals surface area contributed by atoms with E-state index in [0.717, 1.165) is 49.9 Å². The van der Waals surface area contributed by atoms with Gasteiger partial charge in [0.15, 0.2) is 0 Å². The SMILES string of the molecule is CCN(CC)c1nc2c(c(-c3ccc(C)cc3)n1)CCNC2. The number of anilines is 1. The molecule has 1 aromatic carbocycles. The minimum atomic E-state index is 0.838. The standard InChI is InChI=1S/C18H24N4/c1-4-22(5-2)18-20-16-12-19-11-10-15(16)17(21-18)14-8-6-13(3)7-9-14/h6-9,19H,4-5,10-12H2,1-3H3. The summed E-state index contributed by atoms with van der Waals surface area (Å²) in [5.74, 6) is 0.850. The Morgan fingerprint density at radius 3 is 2.50 bits per heavy atom. The maximum atomic E-state index is 4.91. The topological polar surface area (TPSA) is 41.1 Å². The van der Waals surface area contributed by atoms with Gasteiger partial charge in [0.05, 0.1) is 11.4 Å². The summed E-state index contributed by atoms with van der Waals surface area (Å²) in [7, 11) is 0. The Balaban J connectivity index is 2.13. The van der Waals surface area contributed by atoms with Gasteiger partial charge in [0.1, 0.15) is 0 Å². The molecule has 1 aliphatic heterocycles. The van der Waals surface area contributed by atoms with Crippen molar-refractivity contribution < 1.29 is 0 Å². The van der Waals surface area contributed by atoms with E-state index in [-0.39, 0.29) is 0 Å². The predicted molar refractivity (Wildman–Crippen MR) is 91.2 cm³/mol. The lowest BCUT2D eigenvalue weighted by Crippen LogP contribution is -2.29. The van der Waals surface area contributed by atoms with E-state index < -0.39 is 0 Å². The molecule has 1 aromatic heterocycles. The largest absolute Gasteiger partial charge is 0.341 e. The van der Waals surface area contributed by atoms with Crippen molar-refractivity contribution in [1.29, 1.82) is 0 Å². The fourth-order valence-electron chi connectivity index (χ4n) is 2.94. The van der Waals surface area contributed by atoms with Crippen molar-refractivity contribution in [1.82, 2.24) is 15.3 Å². The van der Waals surface area contributed by atoms with Gasteiger partial charge in [0.2, 0.25) is 5.95 Å². The lowest BCUT2D eigenvalue weighted by atomic mass is 9.99. The maximum absolute atomic E-state index is 4.91. The van der Waals surface area contributed by atoms with Crippen LogP contribution in [0.15, 0.2) is 24.3 Å². The molecule has 2 aromatic rings. The molecule has 0 spiro atoms. The molecule has 0 amide bonds. The van der Waals surface area contributed by atoms with Gasteiger partial charge in [-0.2, -0.15) is 0 Å². The Labute approximate surface area is 132 Å². The zero-order valence-corrected chi connectivity index (χ0v) is 13.7. The first-order valence-electron chi connectivity index (χ1n) is 8.15. The molecule has 1 aliphatic rings. The van der Waals surface area contributed by atoms with E-state index >= 15 is 0 Å². The Bertz CT molecular complexity index is 645. The number of fused-ring (bicyclic) bond motifs is 1. The van der Waals surface area contributed by atoms with Crippen molar-refractivity contribution in [2.24, 2.45) is 0 Å². The van der Waals surface area contributed by atoms with Gasteiger partial charge in [-0.15, -0.1) is 0 Å². The number of nitrogens with zero attached hydrogens (tertiary/aromatic N) is 3. The van der Waals surface area contributed by atoms with Gasteiger partial charge >= 0.3 is 0 Å². The van der Waals surface area contributed by atoms with Crippen molar-refractivity contribution >= 4 is 5.95 Å². The second-order valence-corrected chi connectivity index (χ2v) is 5.76. The van der Waals surface area contributed by atoms with Gasteiger partial charge < -0.3 is 10.2 Å². The van der Waals surface area contributed by atoms with Crippen LogP contribution in [-0.2, 0) is 13.0 Å². The summed E-state index contributed by atoms with van der Waals surface area (Å²) in [6.07, 6.45) is 0.997. The summed E-state index contributed by atoms with van der Waals surface area (Å²) in [5.41, 5.74) is 6.03. The van der Waals surface area contributed by atoms with Crippen LogP contribution in [0.1, 0.15) is 30.7 Å². The molecule has 0 unspecified atom stereocenters. The van der Waals surface area contributed by atoms with E-state index in [1.807, 2.05) is 0 Å². The third-order valence-electron chi connectivity index (χ3n) is 4.30. The van der Waals surface area contributed by atoms with Crippen LogP contribution >= 0.6 is 0 Å². The summed E-state index contributed by atoms with van der Waals surface area (Å²) in [5, 5.41) is 3.42. The summed E-state index contributed by atoms with van der Waals surface area (Å²) in [4.78, 5) is 11.9. The van der Waals surface area contributed by atoms with Crippen molar-refractivity contribution in [3.63, 3.8) is 0 Å². The highest BCUT2D eigenvalue weighted by Crippen LogP contribution is 2.28. The predicted octanol–water partition coefficient (Wildman–Crippen LogP) is 2.94. The second-order valence-electron chi connectivity index (χ2n) is 5.76. The van der Waals surface area contributed by atoms with Crippen LogP contribution in [0, 0.1) is 6.92 Å². The van der Waals surface area contributed by atoms with Crippen LogP contribution in [0.25, 0.3) is 11.3 Å². The first kappa shape index (κ1) is 15.0. The number of hydrogen-bond acceptors (Lipinski definition) is 4. The zero-order chi connectivity index (χ0) is 15.5. The lowest BCUT2D eigenvalue weighted by Gasteiger charge is -2.24. The van der Waals surface area contributed by atoms with E-state index in [9.17, 15) is 0 Å². The highest BCUT2D eigenvalue weighted by Gasteiger charge is 2.20. The smallest absolute Gasteiger partial charge is 0.226 e. The number of nitrogens with one attached hydrogen (secondary N) is 1. The average molecular weight is 296 g/mol. The van der Waals surface area contributed by atoms with Crippen LogP contribution in [0.2, 0.25) is 0 Å². The fourth-order valence-corrected chi connectivity index (χ4v) is 2.94. The Morgan fingerprint density at radius 1 is 1.09 bits per heavy atom. The molecule has 3 rings (SSSR count). The highest BCUT2D eigenvalue weighted by atomic mass is 15.2. The molecule has 0 saturated heterocycles. The van der Waals surface area contributed by atoms with Gasteiger partial charge in [-0.1, -0.05) is 29.8 Å². The summed E-state index contributed by atoms with van der Waals surface area (Å²) < 4.78 is 0. The molecule has 0 radical (unpaired) electrons. The summed E-state index contributed by atoms with van der Waals surface area (Å²) in [6.45, 7) is 10.1. The Morgan fingerprint density at radius 2 is 1.82 bits per heavy atom. The second kappa shape index (κ2) is 6.44. The van der Waals surface area contributed by atoms with Gasteiger partial charge in [-0.05, 0) is 33.7 Å². The zero-order valence-electron chi connectivity index (χ0n) is 13.7. The molecule has 4 nitrogen and oxygen atoms in total. The van der Waals surface area contributed by atoms with Crippen LogP contribution in [0.5, 0.6) is 0 Å². The maximum Gasteiger partial charge on any atom is 0.226 e. The molecule has 0 saturated carbocycles. The molecule has 1 N–H and O–H groups in total. The monoisotopic (exact) mass is 296 g/mol. The molecule has 4 heteroatoms. The van der Waals surface area contributed by atoms with Crippen molar-refractivity contribution in [3.8, 4) is 11.3 Å². The summed E-state index contributed by atoms with van der Waals surface area (Å²) in [6, 6.07) is 8.65. The van der Waals surface area contributed by atoms with Crippen LogP contribution in [0.4, 0.5) is 5.95 Å². The van der Waals surface area contributed by atoms with E-state index in [0.29, 0.717) is 0 Å². The Kier molecular flexibility index (Phi) is 4.39. The van der Waals surface area contributed by atoms with Crippen molar-refractivity contribution in [2.45, 2.75) is 33.7 Å². The number of aromatic nitrogens is 2. The molecule has 0 atom stereocenters. The summed E-state index contributed by atoms with van der Waals surface area (Å²) >= 11 is 0. The lowest BCUT2D eigenvalue weighted by molar-refractivity contribution is 0.622. The first-order valence-corrected chi connectivity index (χ1v) is 8.15. The Hall–Kier alpha value is -1.94. The van der Waals surface area contributed by atoms with Crippen LogP contribution < -0.4 is 10.2 Å². The molecule has 0 fully saturated rings. The number of hydrogen-bond donors (Lipinski definition) is 1. The normalized spacial score (nSPS) is 13.8. The van der Waals surface area contributed by atoms with Gasteiger partial charge in [0.25, 0.3) is 0 Å². The first-order chi connectivity index (χ1) is 10.7. The van der Waals surface area contributed by atoms with Crippen molar-refractivity contribution in [2.75, 3.05) is 24.5 Å². The van der Waals surface area contributed by atoms with Crippen molar-refractivity contribution in [3.05, 3.63) is 41.1 Å². The minimum Gasteiger partial charge on any atom is -0.341 e. The number of aryl methyl sites for hydroxylation is 1. The molecular weight excluding hydrogens is 272 g/mol. The number of rotatable bonds is 4. The quantitative estimate of drug-likeness (QED) is 0.942. The third-order valence-corrected chi connectivity index (χ3v) is 4.30. The van der Waals surface area contributed by atoms with E-state index in [2.05, 4.69) is 55.3 Å². The third kappa shape index (κ3) is 2.83. The minimum absolute atomic E-state index is 0.838. The van der Waals surface area contributed by atoms with E-state index in [1.54, 1.807) is 0 Å². The fraction of sp³-hybridized carbons (Fsp3) is 0.444. The van der Waals surface area contributed by atoms with Crippen LogP contribution in [0.3, 0.4) is 0 Å². The van der Waals surface area contributed by atoms with Crippen LogP contribution in [-0.4, -0.2) is 29.6 Å².